The van der Waals surface area contributed by atoms with Gasteiger partial charge in [0.1, 0.15) is 5.84 Å². The van der Waals surface area contributed by atoms with Gasteiger partial charge in [0.15, 0.2) is 0 Å². The molecule has 0 saturated heterocycles. The number of nitrogens with zero attached hydrogens (tertiary/aromatic N) is 1. The molecule has 1 aromatic rings. The number of amidine groups is 1. The lowest BCUT2D eigenvalue weighted by atomic mass is 9.86. The van der Waals surface area contributed by atoms with Gasteiger partial charge in [0, 0.05) is 22.1 Å². The van der Waals surface area contributed by atoms with Crippen LogP contribution in [0.2, 0.25) is 0 Å². The Morgan fingerprint density at radius 1 is 1.39 bits per heavy atom. The number of benzene rings is 1. The molecular weight excluding hydrogens is 294 g/mol. The first kappa shape index (κ1) is 14.8. The highest BCUT2D eigenvalue weighted by Crippen LogP contribution is 2.22. The average molecular weight is 314 g/mol. The molecule has 1 rings (SSSR count). The van der Waals surface area contributed by atoms with Gasteiger partial charge in [-0.2, -0.15) is 0 Å². The second kappa shape index (κ2) is 6.64. The SMILES string of the molecule is CC(C)(CCCNc1ccc(Br)cc1)C(N)=NO. The van der Waals surface area contributed by atoms with Crippen molar-refractivity contribution in [3.05, 3.63) is 28.7 Å². The fraction of sp³-hybridized carbons (Fsp3) is 0.462. The molecule has 0 heterocycles. The summed E-state index contributed by atoms with van der Waals surface area (Å²) in [5.41, 5.74) is 6.46. The van der Waals surface area contributed by atoms with E-state index in [1.165, 1.54) is 0 Å². The Labute approximate surface area is 116 Å². The fourth-order valence-corrected chi connectivity index (χ4v) is 1.86. The molecule has 1 aromatic carbocycles. The summed E-state index contributed by atoms with van der Waals surface area (Å²) in [6.45, 7) is 4.81. The monoisotopic (exact) mass is 313 g/mol. The lowest BCUT2D eigenvalue weighted by molar-refractivity contribution is 0.305. The smallest absolute Gasteiger partial charge is 0.144 e. The Balaban J connectivity index is 2.33. The van der Waals surface area contributed by atoms with Crippen molar-refractivity contribution in [1.29, 1.82) is 0 Å². The molecule has 0 bridgehead atoms. The molecule has 0 spiro atoms. The van der Waals surface area contributed by atoms with Crippen LogP contribution in [0.25, 0.3) is 0 Å². The summed E-state index contributed by atoms with van der Waals surface area (Å²) in [7, 11) is 0. The van der Waals surface area contributed by atoms with Crippen LogP contribution < -0.4 is 11.1 Å². The van der Waals surface area contributed by atoms with Crippen LogP contribution in [0.1, 0.15) is 26.7 Å². The van der Waals surface area contributed by atoms with E-state index in [0.717, 1.165) is 29.5 Å². The van der Waals surface area contributed by atoms with E-state index < -0.39 is 0 Å². The number of nitrogens with two attached hydrogens (primary N) is 1. The first-order valence-corrected chi connectivity index (χ1v) is 6.72. The maximum absolute atomic E-state index is 8.67. The average Bonchev–Trinajstić information content (AvgIpc) is 2.35. The van der Waals surface area contributed by atoms with Crippen molar-refractivity contribution in [3.63, 3.8) is 0 Å². The molecule has 0 fully saturated rings. The number of rotatable bonds is 6. The second-order valence-electron chi connectivity index (χ2n) is 4.91. The molecule has 0 aliphatic heterocycles. The van der Waals surface area contributed by atoms with Crippen LogP contribution in [-0.2, 0) is 0 Å². The Morgan fingerprint density at radius 2 is 2.00 bits per heavy atom. The fourth-order valence-electron chi connectivity index (χ4n) is 1.59. The summed E-state index contributed by atoms with van der Waals surface area (Å²) in [5.74, 6) is 0.283. The third kappa shape index (κ3) is 4.56. The first-order chi connectivity index (χ1) is 8.45. The van der Waals surface area contributed by atoms with Gasteiger partial charge in [0.2, 0.25) is 0 Å². The minimum absolute atomic E-state index is 0.268. The Bertz CT molecular complexity index is 401. The predicted octanol–water partition coefficient (Wildman–Crippen LogP) is 3.41. The zero-order valence-electron chi connectivity index (χ0n) is 10.8. The number of oxime groups is 1. The molecular formula is C13H20BrN3O. The van der Waals surface area contributed by atoms with Gasteiger partial charge in [-0.1, -0.05) is 34.9 Å². The number of nitrogens with one attached hydrogen (secondary N) is 1. The van der Waals surface area contributed by atoms with Gasteiger partial charge < -0.3 is 16.3 Å². The number of halogens is 1. The van der Waals surface area contributed by atoms with E-state index in [4.69, 9.17) is 10.9 Å². The zero-order valence-corrected chi connectivity index (χ0v) is 12.4. The number of hydrogen-bond donors (Lipinski definition) is 3. The molecule has 4 N–H and O–H groups in total. The third-order valence-corrected chi connectivity index (χ3v) is 3.48. The highest BCUT2D eigenvalue weighted by atomic mass is 79.9. The highest BCUT2D eigenvalue weighted by molar-refractivity contribution is 9.10. The number of anilines is 1. The second-order valence-corrected chi connectivity index (χ2v) is 5.82. The van der Waals surface area contributed by atoms with Crippen molar-refractivity contribution in [2.24, 2.45) is 16.3 Å². The molecule has 100 valence electrons. The van der Waals surface area contributed by atoms with Crippen LogP contribution in [0.3, 0.4) is 0 Å². The summed E-state index contributed by atoms with van der Waals surface area (Å²) < 4.78 is 1.07. The van der Waals surface area contributed by atoms with Crippen LogP contribution in [0.15, 0.2) is 33.9 Å². The van der Waals surface area contributed by atoms with E-state index in [1.807, 2.05) is 38.1 Å². The summed E-state index contributed by atoms with van der Waals surface area (Å²) in [5, 5.41) is 15.1. The normalized spacial score (nSPS) is 12.5. The lowest BCUT2D eigenvalue weighted by Crippen LogP contribution is -2.32. The van der Waals surface area contributed by atoms with Gasteiger partial charge in [-0.15, -0.1) is 0 Å². The van der Waals surface area contributed by atoms with Crippen molar-refractivity contribution in [3.8, 4) is 0 Å². The van der Waals surface area contributed by atoms with Crippen LogP contribution in [0.4, 0.5) is 5.69 Å². The van der Waals surface area contributed by atoms with Crippen LogP contribution in [0, 0.1) is 5.41 Å². The van der Waals surface area contributed by atoms with E-state index >= 15 is 0 Å². The van der Waals surface area contributed by atoms with E-state index in [1.54, 1.807) is 0 Å². The summed E-state index contributed by atoms with van der Waals surface area (Å²) in [6, 6.07) is 8.06. The van der Waals surface area contributed by atoms with Crippen molar-refractivity contribution in [1.82, 2.24) is 0 Å². The largest absolute Gasteiger partial charge is 0.409 e. The van der Waals surface area contributed by atoms with Gasteiger partial charge in [-0.3, -0.25) is 0 Å². The van der Waals surface area contributed by atoms with E-state index in [2.05, 4.69) is 26.4 Å². The lowest BCUT2D eigenvalue weighted by Gasteiger charge is -2.22. The quantitative estimate of drug-likeness (QED) is 0.248. The van der Waals surface area contributed by atoms with E-state index in [-0.39, 0.29) is 11.3 Å². The highest BCUT2D eigenvalue weighted by Gasteiger charge is 2.22. The van der Waals surface area contributed by atoms with Crippen LogP contribution in [-0.4, -0.2) is 17.6 Å². The maximum Gasteiger partial charge on any atom is 0.144 e. The molecule has 18 heavy (non-hydrogen) atoms. The summed E-state index contributed by atoms with van der Waals surface area (Å²) in [4.78, 5) is 0. The Kier molecular flexibility index (Phi) is 5.47. The molecule has 0 aliphatic rings. The topological polar surface area (TPSA) is 70.6 Å². The molecule has 4 nitrogen and oxygen atoms in total. The van der Waals surface area contributed by atoms with Gasteiger partial charge in [-0.25, -0.2) is 0 Å². The van der Waals surface area contributed by atoms with Gasteiger partial charge >= 0.3 is 0 Å². The van der Waals surface area contributed by atoms with Gasteiger partial charge in [-0.05, 0) is 37.1 Å². The van der Waals surface area contributed by atoms with Crippen LogP contribution >= 0.6 is 15.9 Å². The van der Waals surface area contributed by atoms with Crippen molar-refractivity contribution in [2.45, 2.75) is 26.7 Å². The summed E-state index contributed by atoms with van der Waals surface area (Å²) in [6.07, 6.45) is 1.83. The van der Waals surface area contributed by atoms with Gasteiger partial charge in [0.25, 0.3) is 0 Å². The molecule has 5 heteroatoms. The first-order valence-electron chi connectivity index (χ1n) is 5.93. The van der Waals surface area contributed by atoms with E-state index in [9.17, 15) is 0 Å². The van der Waals surface area contributed by atoms with E-state index in [0.29, 0.717) is 0 Å². The molecule has 0 radical (unpaired) electrons. The van der Waals surface area contributed by atoms with Crippen molar-refractivity contribution in [2.75, 3.05) is 11.9 Å². The molecule has 0 aliphatic carbocycles. The molecule has 0 atom stereocenters. The minimum atomic E-state index is -0.268. The van der Waals surface area contributed by atoms with Crippen LogP contribution in [0.5, 0.6) is 0 Å². The summed E-state index contributed by atoms with van der Waals surface area (Å²) >= 11 is 3.40. The zero-order chi connectivity index (χ0) is 13.6. The maximum atomic E-state index is 8.67. The Hall–Kier alpha value is -1.23. The van der Waals surface area contributed by atoms with Crippen molar-refractivity contribution < 1.29 is 5.21 Å². The van der Waals surface area contributed by atoms with Gasteiger partial charge in [0.05, 0.1) is 0 Å². The minimum Gasteiger partial charge on any atom is -0.409 e. The predicted molar refractivity (Wildman–Crippen MR) is 79.1 cm³/mol. The van der Waals surface area contributed by atoms with Crippen molar-refractivity contribution >= 4 is 27.5 Å². The third-order valence-electron chi connectivity index (χ3n) is 2.95. The molecule has 0 saturated carbocycles. The molecule has 0 unspecified atom stereocenters. The molecule has 0 aromatic heterocycles. The Morgan fingerprint density at radius 3 is 2.56 bits per heavy atom. The number of hydrogen-bond acceptors (Lipinski definition) is 3. The standard InChI is InChI=1S/C13H20BrN3O/c1-13(2,12(15)17-18)8-3-9-16-11-6-4-10(14)5-7-11/h4-7,16,18H,3,8-9H2,1-2H3,(H2,15,17). The molecule has 0 amide bonds.